The highest BCUT2D eigenvalue weighted by Gasteiger charge is 2.04. The molecule has 0 spiro atoms. The lowest BCUT2D eigenvalue weighted by atomic mass is 10.0. The second kappa shape index (κ2) is 6.45. The monoisotopic (exact) mass is 275 g/mol. The number of rotatable bonds is 1. The Morgan fingerprint density at radius 1 is 0.714 bits per heavy atom. The van der Waals surface area contributed by atoms with Gasteiger partial charge in [0.1, 0.15) is 0 Å². The predicted octanol–water partition coefficient (Wildman–Crippen LogP) is 5.22. The minimum absolute atomic E-state index is 1.23. The highest BCUT2D eigenvalue weighted by atomic mass is 15.1. The lowest BCUT2D eigenvalue weighted by Crippen LogP contribution is -2.08. The molecule has 1 fully saturated rings. The molecule has 1 heteroatoms. The third kappa shape index (κ3) is 3.25. The average molecular weight is 275 g/mol. The van der Waals surface area contributed by atoms with Crippen molar-refractivity contribution in [1.29, 1.82) is 0 Å². The molecule has 0 N–H and O–H groups in total. The van der Waals surface area contributed by atoms with Gasteiger partial charge in [-0.15, -0.1) is 0 Å². The third-order valence-electron chi connectivity index (χ3n) is 4.01. The number of benzene rings is 3. The number of likely N-dealkylation sites (tertiary alicyclic amines) is 1. The van der Waals surface area contributed by atoms with Crippen molar-refractivity contribution >= 4 is 21.5 Å². The summed E-state index contributed by atoms with van der Waals surface area (Å²) in [6.07, 6.45) is 4.63. The van der Waals surface area contributed by atoms with E-state index < -0.39 is 0 Å². The van der Waals surface area contributed by atoms with Crippen LogP contribution in [-0.2, 0) is 0 Å². The van der Waals surface area contributed by atoms with E-state index in [9.17, 15) is 0 Å². The molecule has 0 atom stereocenters. The summed E-state index contributed by atoms with van der Waals surface area (Å²) in [6, 6.07) is 21.4. The fraction of sp³-hybridized carbons (Fsp3) is 0.200. The van der Waals surface area contributed by atoms with E-state index in [0.717, 1.165) is 0 Å². The number of hydrogen-bond donors (Lipinski definition) is 0. The van der Waals surface area contributed by atoms with Crippen LogP contribution in [0.1, 0.15) is 12.8 Å². The standard InChI is InChI=1S/C14H10.C6H11N/c1-2-6-12-10-14-8-4-3-7-13(14)9-11(12)5-1;1-2-7-5-3-4-6-7/h1-10H;2H,1,3-6H2. The minimum atomic E-state index is 1.23. The van der Waals surface area contributed by atoms with Crippen LogP contribution in [0.2, 0.25) is 0 Å². The van der Waals surface area contributed by atoms with E-state index in [2.05, 4.69) is 72.1 Å². The molecule has 4 rings (SSSR count). The fourth-order valence-electron chi connectivity index (χ4n) is 2.81. The number of nitrogens with zero attached hydrogens (tertiary/aromatic N) is 1. The molecule has 0 aliphatic carbocycles. The van der Waals surface area contributed by atoms with Crippen molar-refractivity contribution in [3.8, 4) is 0 Å². The van der Waals surface area contributed by atoms with Crippen molar-refractivity contribution in [3.05, 3.63) is 73.4 Å². The Labute approximate surface area is 126 Å². The zero-order valence-electron chi connectivity index (χ0n) is 12.3. The maximum absolute atomic E-state index is 3.67. The van der Waals surface area contributed by atoms with E-state index in [4.69, 9.17) is 0 Å². The molecular weight excluding hydrogens is 254 g/mol. The highest BCUT2D eigenvalue weighted by molar-refractivity contribution is 5.98. The Morgan fingerprint density at radius 2 is 1.10 bits per heavy atom. The second-order valence-electron chi connectivity index (χ2n) is 5.47. The smallest absolute Gasteiger partial charge is 0.0172 e. The number of fused-ring (bicyclic) bond motifs is 2. The largest absolute Gasteiger partial charge is 0.378 e. The van der Waals surface area contributed by atoms with E-state index in [-0.39, 0.29) is 0 Å². The Hall–Kier alpha value is -2.28. The molecule has 0 amide bonds. The molecule has 0 aromatic heterocycles. The van der Waals surface area contributed by atoms with Gasteiger partial charge in [0.25, 0.3) is 0 Å². The van der Waals surface area contributed by atoms with E-state index >= 15 is 0 Å². The van der Waals surface area contributed by atoms with Gasteiger partial charge in [0.15, 0.2) is 0 Å². The molecule has 3 aromatic carbocycles. The van der Waals surface area contributed by atoms with E-state index in [1.165, 1.54) is 47.5 Å². The molecule has 0 unspecified atom stereocenters. The summed E-state index contributed by atoms with van der Waals surface area (Å²) >= 11 is 0. The topological polar surface area (TPSA) is 3.24 Å². The van der Waals surface area contributed by atoms with Crippen LogP contribution >= 0.6 is 0 Å². The summed E-state index contributed by atoms with van der Waals surface area (Å²) in [5.74, 6) is 0. The molecule has 106 valence electrons. The van der Waals surface area contributed by atoms with Crippen LogP contribution in [0.5, 0.6) is 0 Å². The Bertz CT molecular complexity index is 634. The van der Waals surface area contributed by atoms with Gasteiger partial charge in [0.2, 0.25) is 0 Å². The van der Waals surface area contributed by atoms with Crippen molar-refractivity contribution in [2.75, 3.05) is 13.1 Å². The van der Waals surface area contributed by atoms with Crippen LogP contribution in [0.3, 0.4) is 0 Å². The van der Waals surface area contributed by atoms with Crippen LogP contribution < -0.4 is 0 Å². The lowest BCUT2D eigenvalue weighted by Gasteiger charge is -2.07. The van der Waals surface area contributed by atoms with Crippen LogP contribution in [0, 0.1) is 0 Å². The predicted molar refractivity (Wildman–Crippen MR) is 92.5 cm³/mol. The Balaban J connectivity index is 0.000000160. The summed E-state index contributed by atoms with van der Waals surface area (Å²) in [4.78, 5) is 2.25. The molecule has 1 aliphatic rings. The number of hydrogen-bond acceptors (Lipinski definition) is 1. The van der Waals surface area contributed by atoms with Crippen molar-refractivity contribution in [3.63, 3.8) is 0 Å². The van der Waals surface area contributed by atoms with Gasteiger partial charge < -0.3 is 4.90 Å². The van der Waals surface area contributed by atoms with Crippen LogP contribution in [0.25, 0.3) is 21.5 Å². The fourth-order valence-corrected chi connectivity index (χ4v) is 2.81. The first-order valence-electron chi connectivity index (χ1n) is 7.61. The summed E-state index contributed by atoms with van der Waals surface area (Å²) in [7, 11) is 0. The molecule has 3 aromatic rings. The Morgan fingerprint density at radius 3 is 1.38 bits per heavy atom. The quantitative estimate of drug-likeness (QED) is 0.550. The minimum Gasteiger partial charge on any atom is -0.378 e. The molecule has 0 bridgehead atoms. The van der Waals surface area contributed by atoms with Gasteiger partial charge in [0, 0.05) is 13.1 Å². The maximum atomic E-state index is 3.67. The lowest BCUT2D eigenvalue weighted by molar-refractivity contribution is 0.469. The molecule has 1 nitrogen and oxygen atoms in total. The average Bonchev–Trinajstić information content (AvgIpc) is 3.07. The van der Waals surface area contributed by atoms with Crippen molar-refractivity contribution in [2.24, 2.45) is 0 Å². The van der Waals surface area contributed by atoms with Gasteiger partial charge in [0.05, 0.1) is 0 Å². The third-order valence-corrected chi connectivity index (χ3v) is 4.01. The Kier molecular flexibility index (Phi) is 4.20. The molecule has 0 radical (unpaired) electrons. The molecule has 1 heterocycles. The second-order valence-corrected chi connectivity index (χ2v) is 5.47. The summed E-state index contributed by atoms with van der Waals surface area (Å²) in [6.45, 7) is 6.12. The van der Waals surface area contributed by atoms with Gasteiger partial charge in [-0.2, -0.15) is 0 Å². The first-order chi connectivity index (χ1) is 10.4. The van der Waals surface area contributed by atoms with Crippen LogP contribution in [0.15, 0.2) is 73.4 Å². The molecule has 1 saturated heterocycles. The van der Waals surface area contributed by atoms with Gasteiger partial charge in [-0.3, -0.25) is 0 Å². The van der Waals surface area contributed by atoms with E-state index in [1.54, 1.807) is 0 Å². The molecule has 21 heavy (non-hydrogen) atoms. The van der Waals surface area contributed by atoms with Crippen molar-refractivity contribution < 1.29 is 0 Å². The van der Waals surface area contributed by atoms with Gasteiger partial charge in [-0.25, -0.2) is 0 Å². The van der Waals surface area contributed by atoms with Gasteiger partial charge >= 0.3 is 0 Å². The van der Waals surface area contributed by atoms with Crippen molar-refractivity contribution in [1.82, 2.24) is 4.90 Å². The van der Waals surface area contributed by atoms with Crippen LogP contribution in [-0.4, -0.2) is 18.0 Å². The van der Waals surface area contributed by atoms with E-state index in [1.807, 2.05) is 6.20 Å². The first kappa shape index (κ1) is 13.7. The SMILES string of the molecule is C=CN1CCCC1.c1ccc2cc3ccccc3cc2c1. The zero-order chi connectivity index (χ0) is 14.5. The molecular formula is C20H21N. The summed E-state index contributed by atoms with van der Waals surface area (Å²) in [5, 5.41) is 5.25. The van der Waals surface area contributed by atoms with Gasteiger partial charge in [-0.05, 0) is 52.7 Å². The maximum Gasteiger partial charge on any atom is 0.0172 e. The highest BCUT2D eigenvalue weighted by Crippen LogP contribution is 2.22. The zero-order valence-corrected chi connectivity index (χ0v) is 12.3. The molecule has 0 saturated carbocycles. The van der Waals surface area contributed by atoms with Crippen LogP contribution in [0.4, 0.5) is 0 Å². The molecule has 1 aliphatic heterocycles. The van der Waals surface area contributed by atoms with E-state index in [0.29, 0.717) is 0 Å². The first-order valence-corrected chi connectivity index (χ1v) is 7.61. The van der Waals surface area contributed by atoms with Gasteiger partial charge in [-0.1, -0.05) is 55.1 Å². The summed E-state index contributed by atoms with van der Waals surface area (Å²) in [5.41, 5.74) is 0. The van der Waals surface area contributed by atoms with Crippen molar-refractivity contribution in [2.45, 2.75) is 12.8 Å². The normalized spacial score (nSPS) is 14.0. The summed E-state index contributed by atoms with van der Waals surface area (Å²) < 4.78 is 0.